The van der Waals surface area contributed by atoms with Gasteiger partial charge in [0.15, 0.2) is 0 Å². The molecule has 56 valence electrons. The van der Waals surface area contributed by atoms with E-state index in [0.29, 0.717) is 0 Å². The van der Waals surface area contributed by atoms with Crippen LogP contribution in [0.3, 0.4) is 0 Å². The van der Waals surface area contributed by atoms with Gasteiger partial charge in [-0.15, -0.1) is 0 Å². The molecule has 0 aliphatic rings. The number of hydrogen-bond donors (Lipinski definition) is 1. The molecule has 2 nitrogen and oxygen atoms in total. The van der Waals surface area contributed by atoms with Gasteiger partial charge in [-0.1, -0.05) is 5.57 Å². The van der Waals surface area contributed by atoms with Gasteiger partial charge in [-0.25, -0.2) is 0 Å². The van der Waals surface area contributed by atoms with E-state index in [1.807, 2.05) is 20.8 Å². The average Bonchev–Trinajstić information content (AvgIpc) is 1.87. The average molecular weight is 138 g/mol. The molecule has 0 aromatic rings. The lowest BCUT2D eigenvalue weighted by atomic mass is 10.3. The molecule has 0 bridgehead atoms. The molecule has 0 fully saturated rings. The second-order valence-electron chi connectivity index (χ2n) is 2.40. The second kappa shape index (κ2) is 4.79. The summed E-state index contributed by atoms with van der Waals surface area (Å²) in [7, 11) is 0. The van der Waals surface area contributed by atoms with E-state index in [1.54, 1.807) is 12.4 Å². The molecule has 0 aromatic heterocycles. The fourth-order valence-corrected chi connectivity index (χ4v) is 0.347. The topological polar surface area (TPSA) is 38.4 Å². The maximum Gasteiger partial charge on any atom is 0.0311 e. The van der Waals surface area contributed by atoms with E-state index in [0.717, 1.165) is 5.57 Å². The van der Waals surface area contributed by atoms with Crippen LogP contribution in [0.15, 0.2) is 28.5 Å². The van der Waals surface area contributed by atoms with Crippen LogP contribution in [0.25, 0.3) is 0 Å². The van der Waals surface area contributed by atoms with Crippen LogP contribution in [0.4, 0.5) is 0 Å². The van der Waals surface area contributed by atoms with Crippen molar-refractivity contribution in [2.75, 3.05) is 0 Å². The molecule has 0 rings (SSSR count). The third-order valence-electron chi connectivity index (χ3n) is 0.874. The molecule has 10 heavy (non-hydrogen) atoms. The molecule has 0 heterocycles. The monoisotopic (exact) mass is 138 g/mol. The molecule has 0 aliphatic carbocycles. The van der Waals surface area contributed by atoms with Crippen molar-refractivity contribution in [2.24, 2.45) is 10.7 Å². The molecule has 0 saturated carbocycles. The summed E-state index contributed by atoms with van der Waals surface area (Å²) < 4.78 is 0. The van der Waals surface area contributed by atoms with E-state index in [4.69, 9.17) is 5.73 Å². The zero-order valence-corrected chi connectivity index (χ0v) is 6.76. The largest absolute Gasteiger partial charge is 0.404 e. The maximum absolute atomic E-state index is 5.21. The Labute approximate surface area is 62.1 Å². The first-order valence-electron chi connectivity index (χ1n) is 3.22. The van der Waals surface area contributed by atoms with Crippen molar-refractivity contribution >= 4 is 6.21 Å². The van der Waals surface area contributed by atoms with E-state index in [1.165, 1.54) is 11.8 Å². The Bertz CT molecular complexity index is 172. The van der Waals surface area contributed by atoms with Crippen LogP contribution in [-0.4, -0.2) is 6.21 Å². The fourth-order valence-electron chi connectivity index (χ4n) is 0.347. The zero-order chi connectivity index (χ0) is 7.98. The van der Waals surface area contributed by atoms with Gasteiger partial charge in [0.1, 0.15) is 0 Å². The molecule has 0 spiro atoms. The Morgan fingerprint density at radius 3 is 2.30 bits per heavy atom. The van der Waals surface area contributed by atoms with Crippen molar-refractivity contribution in [3.05, 3.63) is 23.5 Å². The standard InChI is InChI=1S/C8H14N2/c1-7(2)5-10-6-8(3)4-9/h4-6H,9H2,1-3H3/b8-4-,10-6?. The molecular formula is C8H14N2. The summed E-state index contributed by atoms with van der Waals surface area (Å²) in [5.41, 5.74) is 7.37. The third-order valence-corrected chi connectivity index (χ3v) is 0.874. The smallest absolute Gasteiger partial charge is 0.0311 e. The molecule has 0 unspecified atom stereocenters. The van der Waals surface area contributed by atoms with Crippen LogP contribution < -0.4 is 5.73 Å². The summed E-state index contributed by atoms with van der Waals surface area (Å²) in [6.07, 6.45) is 5.06. The van der Waals surface area contributed by atoms with Crippen LogP contribution in [-0.2, 0) is 0 Å². The molecule has 0 radical (unpaired) electrons. The van der Waals surface area contributed by atoms with Crippen molar-refractivity contribution in [3.8, 4) is 0 Å². The normalized spacial score (nSPS) is 12.1. The van der Waals surface area contributed by atoms with Crippen molar-refractivity contribution in [3.63, 3.8) is 0 Å². The molecule has 0 aromatic carbocycles. The Balaban J connectivity index is 3.90. The van der Waals surface area contributed by atoms with Crippen LogP contribution in [0, 0.1) is 0 Å². The van der Waals surface area contributed by atoms with Gasteiger partial charge in [-0.05, 0) is 32.5 Å². The SMILES string of the molecule is CC(C)=CN=C/C(C)=C\N. The predicted molar refractivity (Wildman–Crippen MR) is 45.9 cm³/mol. The molecule has 0 amide bonds. The third kappa shape index (κ3) is 5.09. The minimum atomic E-state index is 0.970. The minimum Gasteiger partial charge on any atom is -0.404 e. The zero-order valence-electron chi connectivity index (χ0n) is 6.76. The van der Waals surface area contributed by atoms with Gasteiger partial charge >= 0.3 is 0 Å². The van der Waals surface area contributed by atoms with E-state index in [-0.39, 0.29) is 0 Å². The van der Waals surface area contributed by atoms with Gasteiger partial charge < -0.3 is 5.73 Å². The lowest BCUT2D eigenvalue weighted by molar-refractivity contribution is 1.33. The van der Waals surface area contributed by atoms with Crippen molar-refractivity contribution in [1.29, 1.82) is 0 Å². The highest BCUT2D eigenvalue weighted by Crippen LogP contribution is 1.89. The quantitative estimate of drug-likeness (QED) is 0.581. The summed E-state index contributed by atoms with van der Waals surface area (Å²) >= 11 is 0. The van der Waals surface area contributed by atoms with E-state index in [2.05, 4.69) is 4.99 Å². The van der Waals surface area contributed by atoms with Crippen molar-refractivity contribution in [2.45, 2.75) is 20.8 Å². The Morgan fingerprint density at radius 1 is 1.30 bits per heavy atom. The Morgan fingerprint density at radius 2 is 1.90 bits per heavy atom. The Hall–Kier alpha value is -1.05. The van der Waals surface area contributed by atoms with Crippen molar-refractivity contribution in [1.82, 2.24) is 0 Å². The highest BCUT2D eigenvalue weighted by Gasteiger charge is 1.75. The number of hydrogen-bond acceptors (Lipinski definition) is 2. The number of rotatable bonds is 2. The first-order valence-corrected chi connectivity index (χ1v) is 3.22. The van der Waals surface area contributed by atoms with Gasteiger partial charge in [0.2, 0.25) is 0 Å². The molecule has 2 N–H and O–H groups in total. The molecular weight excluding hydrogens is 124 g/mol. The van der Waals surface area contributed by atoms with Gasteiger partial charge in [-0.3, -0.25) is 4.99 Å². The first-order chi connectivity index (χ1) is 4.66. The number of allylic oxidation sites excluding steroid dienone is 2. The predicted octanol–water partition coefficient (Wildman–Crippen LogP) is 1.84. The number of nitrogens with two attached hydrogens (primary N) is 1. The van der Waals surface area contributed by atoms with E-state index < -0.39 is 0 Å². The number of nitrogens with zero attached hydrogens (tertiary/aromatic N) is 1. The van der Waals surface area contributed by atoms with E-state index >= 15 is 0 Å². The first kappa shape index (κ1) is 8.95. The highest BCUT2D eigenvalue weighted by molar-refractivity contribution is 5.77. The van der Waals surface area contributed by atoms with E-state index in [9.17, 15) is 0 Å². The van der Waals surface area contributed by atoms with Gasteiger partial charge in [0.25, 0.3) is 0 Å². The molecule has 0 atom stereocenters. The van der Waals surface area contributed by atoms with Crippen molar-refractivity contribution < 1.29 is 0 Å². The summed E-state index contributed by atoms with van der Waals surface area (Å²) in [6.45, 7) is 5.90. The summed E-state index contributed by atoms with van der Waals surface area (Å²) in [5, 5.41) is 0. The molecule has 2 heteroatoms. The molecule has 0 saturated heterocycles. The highest BCUT2D eigenvalue weighted by atomic mass is 14.7. The van der Waals surface area contributed by atoms with Gasteiger partial charge in [0.05, 0.1) is 0 Å². The second-order valence-corrected chi connectivity index (χ2v) is 2.40. The summed E-state index contributed by atoms with van der Waals surface area (Å²) in [6, 6.07) is 0. The van der Waals surface area contributed by atoms with Crippen LogP contribution in [0.2, 0.25) is 0 Å². The van der Waals surface area contributed by atoms with Crippen LogP contribution in [0.5, 0.6) is 0 Å². The summed E-state index contributed by atoms with van der Waals surface area (Å²) in [4.78, 5) is 4.01. The fraction of sp³-hybridized carbons (Fsp3) is 0.375. The minimum absolute atomic E-state index is 0.970. The summed E-state index contributed by atoms with van der Waals surface area (Å²) in [5.74, 6) is 0. The molecule has 0 aliphatic heterocycles. The maximum atomic E-state index is 5.21. The number of aliphatic imine (C=N–C) groups is 1. The van der Waals surface area contributed by atoms with Gasteiger partial charge in [-0.2, -0.15) is 0 Å². The lowest BCUT2D eigenvalue weighted by Crippen LogP contribution is -1.84. The van der Waals surface area contributed by atoms with Gasteiger partial charge in [0, 0.05) is 12.4 Å². The van der Waals surface area contributed by atoms with Crippen LogP contribution >= 0.6 is 0 Å². The lowest BCUT2D eigenvalue weighted by Gasteiger charge is -1.85. The Kier molecular flexibility index (Phi) is 4.29. The van der Waals surface area contributed by atoms with Crippen LogP contribution in [0.1, 0.15) is 20.8 Å².